The Balaban J connectivity index is 2.68. The first-order valence-electron chi connectivity index (χ1n) is 4.55. The molecule has 1 rings (SSSR count). The number of nitrogens with one attached hydrogen (secondary N) is 1. The van der Waals surface area contributed by atoms with Gasteiger partial charge in [0.15, 0.2) is 0 Å². The van der Waals surface area contributed by atoms with Crippen LogP contribution in [0.15, 0.2) is 30.3 Å². The number of hydrogen-bond acceptors (Lipinski definition) is 3. The molecule has 0 aromatic heterocycles. The monoisotopic (exact) mass is 213 g/mol. The molecule has 3 nitrogen and oxygen atoms in total. The second-order valence-electron chi connectivity index (χ2n) is 3.18. The van der Waals surface area contributed by atoms with Crippen LogP contribution in [0.1, 0.15) is 11.6 Å². The number of hydrazine groups is 1. The van der Waals surface area contributed by atoms with Crippen molar-refractivity contribution < 1.29 is 0 Å². The highest BCUT2D eigenvalue weighted by Crippen LogP contribution is 2.15. The zero-order chi connectivity index (χ0) is 10.4. The van der Waals surface area contributed by atoms with Crippen molar-refractivity contribution in [1.29, 1.82) is 0 Å². The lowest BCUT2D eigenvalue weighted by Crippen LogP contribution is -2.37. The van der Waals surface area contributed by atoms with Gasteiger partial charge in [0.05, 0.1) is 12.0 Å². The third-order valence-corrected chi connectivity index (χ3v) is 2.30. The molecule has 4 heteroatoms. The average Bonchev–Trinajstić information content (AvgIpc) is 2.19. The summed E-state index contributed by atoms with van der Waals surface area (Å²) in [5.41, 5.74) is 1.19. The molecule has 1 aromatic rings. The molecule has 14 heavy (non-hydrogen) atoms. The van der Waals surface area contributed by atoms with Gasteiger partial charge in [0.25, 0.3) is 0 Å². The summed E-state index contributed by atoms with van der Waals surface area (Å²) in [4.78, 5) is 0. The molecule has 0 aliphatic rings. The minimum absolute atomic E-state index is 0.162. The fourth-order valence-corrected chi connectivity index (χ4v) is 1.47. The van der Waals surface area contributed by atoms with E-state index >= 15 is 0 Å². The summed E-state index contributed by atoms with van der Waals surface area (Å²) in [5, 5.41) is 4.76. The third-order valence-electron chi connectivity index (χ3n) is 2.11. The zero-order valence-electron chi connectivity index (χ0n) is 8.28. The van der Waals surface area contributed by atoms with Crippen molar-refractivity contribution in [3.63, 3.8) is 0 Å². The number of likely N-dealkylation sites (N-methyl/N-ethyl adjacent to an activating group) is 1. The molecular formula is C10H16ClN3. The van der Waals surface area contributed by atoms with Gasteiger partial charge in [0, 0.05) is 13.6 Å². The maximum Gasteiger partial charge on any atom is 0.0714 e. The van der Waals surface area contributed by atoms with Crippen molar-refractivity contribution in [1.82, 2.24) is 10.3 Å². The molecule has 0 aliphatic heterocycles. The predicted molar refractivity (Wildman–Crippen MR) is 59.9 cm³/mol. The number of hydrogen-bond donors (Lipinski definition) is 2. The minimum atomic E-state index is 0.162. The van der Waals surface area contributed by atoms with Gasteiger partial charge in [0.2, 0.25) is 0 Å². The number of benzene rings is 1. The Kier molecular flexibility index (Phi) is 4.90. The van der Waals surface area contributed by atoms with Crippen LogP contribution in [-0.2, 0) is 0 Å². The molecule has 0 saturated heterocycles. The summed E-state index contributed by atoms with van der Waals surface area (Å²) in [6.45, 7) is 0.751. The van der Waals surface area contributed by atoms with Crippen molar-refractivity contribution in [2.45, 2.75) is 6.04 Å². The number of nitrogens with zero attached hydrogens (tertiary/aromatic N) is 1. The van der Waals surface area contributed by atoms with Crippen LogP contribution in [0.2, 0.25) is 0 Å². The first kappa shape index (κ1) is 11.5. The van der Waals surface area contributed by atoms with Crippen LogP contribution >= 0.6 is 11.6 Å². The van der Waals surface area contributed by atoms with E-state index in [-0.39, 0.29) is 6.04 Å². The zero-order valence-corrected chi connectivity index (χ0v) is 9.04. The predicted octanol–water partition coefficient (Wildman–Crippen LogP) is 1.32. The van der Waals surface area contributed by atoms with Gasteiger partial charge in [-0.2, -0.15) is 0 Å². The molecule has 1 aromatic carbocycles. The minimum Gasteiger partial charge on any atom is -0.302 e. The summed E-state index contributed by atoms with van der Waals surface area (Å²) in [6, 6.07) is 10.7. The molecule has 0 saturated carbocycles. The topological polar surface area (TPSA) is 41.3 Å². The molecule has 1 atom stereocenters. The Hall–Kier alpha value is -0.610. The normalized spacial score (nSPS) is 13.1. The van der Waals surface area contributed by atoms with Crippen LogP contribution in [0.25, 0.3) is 0 Å². The van der Waals surface area contributed by atoms with Crippen molar-refractivity contribution in [2.24, 2.45) is 5.84 Å². The summed E-state index contributed by atoms with van der Waals surface area (Å²) >= 11 is 5.57. The smallest absolute Gasteiger partial charge is 0.0714 e. The van der Waals surface area contributed by atoms with Gasteiger partial charge in [-0.3, -0.25) is 5.84 Å². The van der Waals surface area contributed by atoms with Crippen molar-refractivity contribution >= 4 is 11.6 Å². The van der Waals surface area contributed by atoms with E-state index in [2.05, 4.69) is 17.4 Å². The summed E-state index contributed by atoms with van der Waals surface area (Å²) in [5.74, 6) is 5.76. The van der Waals surface area contributed by atoms with Gasteiger partial charge < -0.3 is 5.32 Å². The molecule has 3 N–H and O–H groups in total. The quantitative estimate of drug-likeness (QED) is 0.336. The molecule has 78 valence electrons. The molecule has 0 heterocycles. The Morgan fingerprint density at radius 2 is 2.07 bits per heavy atom. The lowest BCUT2D eigenvalue weighted by molar-refractivity contribution is 0.248. The van der Waals surface area contributed by atoms with Crippen LogP contribution in [-0.4, -0.2) is 24.6 Å². The van der Waals surface area contributed by atoms with Crippen LogP contribution in [0.3, 0.4) is 0 Å². The van der Waals surface area contributed by atoms with Crippen molar-refractivity contribution in [3.05, 3.63) is 35.9 Å². The summed E-state index contributed by atoms with van der Waals surface area (Å²) < 4.78 is 0. The standard InChI is InChI=1S/C10H16ClN3/c1-14(12)10(7-13-8-11)9-5-3-2-4-6-9/h2-6,10,13H,7-8,12H2,1H3. The number of halogens is 1. The molecule has 0 amide bonds. The van der Waals surface area contributed by atoms with E-state index in [1.807, 2.05) is 25.2 Å². The number of nitrogens with two attached hydrogens (primary N) is 1. The van der Waals surface area contributed by atoms with E-state index < -0.39 is 0 Å². The third kappa shape index (κ3) is 3.27. The Morgan fingerprint density at radius 3 is 2.57 bits per heavy atom. The van der Waals surface area contributed by atoms with E-state index in [1.54, 1.807) is 5.01 Å². The van der Waals surface area contributed by atoms with E-state index in [9.17, 15) is 0 Å². The van der Waals surface area contributed by atoms with E-state index in [1.165, 1.54) is 5.56 Å². The number of alkyl halides is 1. The van der Waals surface area contributed by atoms with Crippen LogP contribution in [0, 0.1) is 0 Å². The molecule has 0 spiro atoms. The number of rotatable bonds is 5. The molecule has 0 fully saturated rings. The Bertz CT molecular complexity index is 251. The van der Waals surface area contributed by atoms with Crippen molar-refractivity contribution in [2.75, 3.05) is 19.6 Å². The van der Waals surface area contributed by atoms with Crippen molar-refractivity contribution in [3.8, 4) is 0 Å². The maximum absolute atomic E-state index is 5.76. The van der Waals surface area contributed by atoms with Crippen LogP contribution < -0.4 is 11.2 Å². The molecule has 0 radical (unpaired) electrons. The SMILES string of the molecule is CN(N)C(CNCCl)c1ccccc1. The fraction of sp³-hybridized carbons (Fsp3) is 0.400. The Morgan fingerprint density at radius 1 is 1.43 bits per heavy atom. The lowest BCUT2D eigenvalue weighted by atomic mass is 10.1. The van der Waals surface area contributed by atoms with Crippen LogP contribution in [0.5, 0.6) is 0 Å². The molecular weight excluding hydrogens is 198 g/mol. The first-order chi connectivity index (χ1) is 6.75. The second-order valence-corrected chi connectivity index (χ2v) is 3.45. The molecule has 0 aliphatic carbocycles. The van der Waals surface area contributed by atoms with Gasteiger partial charge in [0.1, 0.15) is 0 Å². The van der Waals surface area contributed by atoms with Crippen LogP contribution in [0.4, 0.5) is 0 Å². The lowest BCUT2D eigenvalue weighted by Gasteiger charge is -2.24. The highest BCUT2D eigenvalue weighted by molar-refractivity contribution is 6.17. The maximum atomic E-state index is 5.76. The average molecular weight is 214 g/mol. The van der Waals surface area contributed by atoms with Gasteiger partial charge >= 0.3 is 0 Å². The molecule has 1 unspecified atom stereocenters. The van der Waals surface area contributed by atoms with E-state index in [4.69, 9.17) is 17.4 Å². The highest BCUT2D eigenvalue weighted by atomic mass is 35.5. The second kappa shape index (κ2) is 5.98. The molecule has 0 bridgehead atoms. The highest BCUT2D eigenvalue weighted by Gasteiger charge is 2.12. The summed E-state index contributed by atoms with van der Waals surface area (Å²) in [7, 11) is 1.85. The van der Waals surface area contributed by atoms with Gasteiger partial charge in [-0.05, 0) is 5.56 Å². The van der Waals surface area contributed by atoms with E-state index in [0.717, 1.165) is 6.54 Å². The van der Waals surface area contributed by atoms with Gasteiger partial charge in [-0.25, -0.2) is 5.01 Å². The Labute approximate surface area is 89.8 Å². The summed E-state index contributed by atoms with van der Waals surface area (Å²) in [6.07, 6.45) is 0. The first-order valence-corrected chi connectivity index (χ1v) is 5.08. The van der Waals surface area contributed by atoms with Gasteiger partial charge in [-0.1, -0.05) is 30.3 Å². The largest absolute Gasteiger partial charge is 0.302 e. The fourth-order valence-electron chi connectivity index (χ4n) is 1.36. The van der Waals surface area contributed by atoms with Gasteiger partial charge in [-0.15, -0.1) is 11.6 Å². The van der Waals surface area contributed by atoms with E-state index in [0.29, 0.717) is 6.00 Å².